The van der Waals surface area contributed by atoms with E-state index < -0.39 is 47.0 Å². The average molecular weight is 1220 g/mol. The number of hydrogen-bond acceptors (Lipinski definition) is 12. The molecule has 0 aliphatic heterocycles. The number of esters is 4. The van der Waals surface area contributed by atoms with Gasteiger partial charge in [0, 0.05) is 32.7 Å². The fraction of sp³-hybridized carbons (Fsp3) is 0.400. The molecular formula is C70H74F4O10S2. The maximum Gasteiger partial charge on any atom is 0.330 e. The highest BCUT2D eigenvalue weighted by Gasteiger charge is 2.34. The van der Waals surface area contributed by atoms with Gasteiger partial charge >= 0.3 is 23.9 Å². The van der Waals surface area contributed by atoms with Gasteiger partial charge in [-0.15, -0.1) is 22.7 Å². The van der Waals surface area contributed by atoms with E-state index in [0.29, 0.717) is 93.2 Å². The molecule has 5 aromatic carbocycles. The summed E-state index contributed by atoms with van der Waals surface area (Å²) in [6.45, 7) is 8.88. The lowest BCUT2D eigenvalue weighted by atomic mass is 9.79. The van der Waals surface area contributed by atoms with Crippen molar-refractivity contribution in [3.63, 3.8) is 0 Å². The van der Waals surface area contributed by atoms with E-state index in [1.165, 1.54) is 58.1 Å². The predicted molar refractivity (Wildman–Crippen MR) is 330 cm³/mol. The maximum atomic E-state index is 14.9. The molecule has 0 unspecified atom stereocenters. The fourth-order valence-corrected chi connectivity index (χ4v) is 13.8. The number of ether oxygens (including phenoxy) is 6. The summed E-state index contributed by atoms with van der Waals surface area (Å²) < 4.78 is 94.5. The maximum absolute atomic E-state index is 14.9. The number of rotatable bonds is 30. The monoisotopic (exact) mass is 1210 g/mol. The van der Waals surface area contributed by atoms with Gasteiger partial charge in [0.15, 0.2) is 34.8 Å². The van der Waals surface area contributed by atoms with Gasteiger partial charge in [0.05, 0.1) is 47.7 Å². The van der Waals surface area contributed by atoms with Crippen molar-refractivity contribution in [1.82, 2.24) is 0 Å². The Labute approximate surface area is 508 Å². The van der Waals surface area contributed by atoms with Crippen molar-refractivity contribution in [2.75, 3.05) is 26.4 Å². The summed E-state index contributed by atoms with van der Waals surface area (Å²) >= 11 is 2.38. The summed E-state index contributed by atoms with van der Waals surface area (Å²) in [5.74, 6) is -4.12. The third kappa shape index (κ3) is 17.0. The zero-order chi connectivity index (χ0) is 60.4. The number of halogens is 4. The predicted octanol–water partition coefficient (Wildman–Crippen LogP) is 18.7. The standard InChI is InChI=1S/C70H74F4O10S2/c1-3-63(75)81-39-15-11-7-5-9-13-37-79-53-31-25-47(26-32-53)45-17-21-49(22-18-45)69(77)83-65-55-43-61(51-29-35-57(71)59(73)41-51)86-68(55)66(56-44-62(85-67(56)65)52-30-36-58(72)60(74)42-52)84-70(78)50-23-19-46(20-24-50)48-27-33-54(34-28-48)80-38-14-10-6-8-12-16-40-82-64(76)4-2/h3-4,25-36,41-46,49-50H,1-2,5-24,37-40H2. The van der Waals surface area contributed by atoms with Crippen molar-refractivity contribution in [2.24, 2.45) is 11.8 Å². The molecule has 7 aromatic rings. The van der Waals surface area contributed by atoms with Crippen LogP contribution in [0.25, 0.3) is 41.1 Å². The Bertz CT molecular complexity index is 3170. The molecule has 2 aromatic heterocycles. The first-order valence-corrected chi connectivity index (χ1v) is 31.9. The Morgan fingerprint density at radius 1 is 0.430 bits per heavy atom. The van der Waals surface area contributed by atoms with Crippen LogP contribution in [0.3, 0.4) is 0 Å². The molecule has 9 rings (SSSR count). The number of carbonyl (C=O) groups excluding carboxylic acids is 4. The number of thiophene rings is 2. The number of fused-ring (bicyclic) bond motifs is 2. The third-order valence-corrected chi connectivity index (χ3v) is 18.8. The number of unbranched alkanes of at least 4 members (excludes halogenated alkanes) is 10. The first-order chi connectivity index (χ1) is 41.8. The van der Waals surface area contributed by atoms with Gasteiger partial charge in [0.1, 0.15) is 11.5 Å². The van der Waals surface area contributed by atoms with Crippen molar-refractivity contribution in [3.05, 3.63) is 157 Å². The minimum absolute atomic E-state index is 0.205. The van der Waals surface area contributed by atoms with Crippen molar-refractivity contribution in [1.29, 1.82) is 0 Å². The van der Waals surface area contributed by atoms with Crippen LogP contribution < -0.4 is 18.9 Å². The molecule has 0 atom stereocenters. The molecule has 2 aliphatic carbocycles. The van der Waals surface area contributed by atoms with Crippen molar-refractivity contribution in [3.8, 4) is 43.9 Å². The van der Waals surface area contributed by atoms with Gasteiger partial charge < -0.3 is 28.4 Å². The number of benzene rings is 5. The summed E-state index contributed by atoms with van der Waals surface area (Å²) in [6, 6.07) is 27.1. The van der Waals surface area contributed by atoms with Crippen LogP contribution in [0.4, 0.5) is 17.6 Å². The molecule has 16 heteroatoms. The molecular weight excluding hydrogens is 1140 g/mol. The number of hydrogen-bond donors (Lipinski definition) is 0. The van der Waals surface area contributed by atoms with E-state index >= 15 is 0 Å². The van der Waals surface area contributed by atoms with Gasteiger partial charge in [-0.05, 0) is 172 Å². The van der Waals surface area contributed by atoms with Gasteiger partial charge in [0.2, 0.25) is 0 Å². The van der Waals surface area contributed by atoms with Crippen LogP contribution in [-0.4, -0.2) is 50.3 Å². The van der Waals surface area contributed by atoms with Gasteiger partial charge in [0.25, 0.3) is 0 Å². The average Bonchev–Trinajstić information content (AvgIpc) is 2.93. The van der Waals surface area contributed by atoms with Crippen LogP contribution in [0.1, 0.15) is 151 Å². The second kappa shape index (κ2) is 31.4. The summed E-state index contributed by atoms with van der Waals surface area (Å²) in [5.41, 5.74) is 3.08. The van der Waals surface area contributed by atoms with E-state index in [1.54, 1.807) is 12.1 Å². The fourth-order valence-electron chi connectivity index (χ4n) is 11.5. The Morgan fingerprint density at radius 3 is 1.13 bits per heavy atom. The Balaban J connectivity index is 0.853. The molecule has 0 N–H and O–H groups in total. The second-order valence-electron chi connectivity index (χ2n) is 22.4. The summed E-state index contributed by atoms with van der Waals surface area (Å²) in [6.07, 6.45) is 19.6. The highest BCUT2D eigenvalue weighted by Crippen LogP contribution is 2.54. The van der Waals surface area contributed by atoms with E-state index in [9.17, 15) is 36.7 Å². The van der Waals surface area contributed by atoms with Crippen molar-refractivity contribution in [2.45, 2.75) is 140 Å². The quantitative estimate of drug-likeness (QED) is 0.0141. The lowest BCUT2D eigenvalue weighted by Gasteiger charge is -2.28. The molecule has 2 saturated carbocycles. The highest BCUT2D eigenvalue weighted by molar-refractivity contribution is 7.24. The first kappa shape index (κ1) is 63.2. The van der Waals surface area contributed by atoms with Crippen molar-refractivity contribution < 1.29 is 65.2 Å². The molecule has 86 heavy (non-hydrogen) atoms. The van der Waals surface area contributed by atoms with Gasteiger partial charge in [-0.1, -0.05) is 101 Å². The minimum Gasteiger partial charge on any atom is -0.494 e. The van der Waals surface area contributed by atoms with E-state index in [4.69, 9.17) is 28.4 Å². The molecule has 0 bridgehead atoms. The lowest BCUT2D eigenvalue weighted by molar-refractivity contribution is -0.140. The smallest absolute Gasteiger partial charge is 0.330 e. The summed E-state index contributed by atoms with van der Waals surface area (Å²) in [5, 5.41) is 0.865. The van der Waals surface area contributed by atoms with E-state index in [2.05, 4.69) is 37.4 Å². The molecule has 2 fully saturated rings. The molecule has 0 amide bonds. The molecule has 2 heterocycles. The number of carbonyl (C=O) groups is 4. The van der Waals surface area contributed by atoms with E-state index in [1.807, 2.05) is 24.3 Å². The van der Waals surface area contributed by atoms with Crippen LogP contribution >= 0.6 is 22.7 Å². The third-order valence-electron chi connectivity index (χ3n) is 16.4. The van der Waals surface area contributed by atoms with Crippen LogP contribution in [0.5, 0.6) is 23.0 Å². The van der Waals surface area contributed by atoms with Crippen molar-refractivity contribution >= 4 is 66.7 Å². The van der Waals surface area contributed by atoms with Crippen LogP contribution in [0.2, 0.25) is 0 Å². The van der Waals surface area contributed by atoms with Gasteiger partial charge in [-0.3, -0.25) is 9.59 Å². The topological polar surface area (TPSA) is 124 Å². The van der Waals surface area contributed by atoms with Crippen LogP contribution in [-0.2, 0) is 28.7 Å². The zero-order valence-electron chi connectivity index (χ0n) is 48.5. The highest BCUT2D eigenvalue weighted by atomic mass is 32.1. The zero-order valence-corrected chi connectivity index (χ0v) is 50.1. The molecule has 10 nitrogen and oxygen atoms in total. The van der Waals surface area contributed by atoms with Gasteiger partial charge in [-0.2, -0.15) is 0 Å². The molecule has 454 valence electrons. The normalized spacial score (nSPS) is 16.8. The van der Waals surface area contributed by atoms with Crippen LogP contribution in [0.15, 0.2) is 122 Å². The summed E-state index contributed by atoms with van der Waals surface area (Å²) in [4.78, 5) is 52.4. The van der Waals surface area contributed by atoms with Crippen LogP contribution in [0, 0.1) is 35.1 Å². The van der Waals surface area contributed by atoms with E-state index in [0.717, 1.165) is 138 Å². The largest absolute Gasteiger partial charge is 0.494 e. The Kier molecular flexibility index (Phi) is 23.1. The second-order valence-corrected chi connectivity index (χ2v) is 24.5. The molecule has 2 aliphatic rings. The summed E-state index contributed by atoms with van der Waals surface area (Å²) in [7, 11) is 0. The van der Waals surface area contributed by atoms with Gasteiger partial charge in [-0.25, -0.2) is 27.2 Å². The Hall–Kier alpha value is -7.30. The minimum atomic E-state index is -1.04. The molecule has 0 radical (unpaired) electrons. The SMILES string of the molecule is C=CC(=O)OCCCCCCCCOc1ccc(C2CCC(C(=O)Oc3c4cc(-c5ccc(F)c(F)c5)sc4c(OC(=O)C4CCC(c5ccc(OCCCCCCCCOC(=O)C=C)cc5)CC4)c4cc(-c5ccc(F)c(F)c5)sc34)CC2)cc1. The Morgan fingerprint density at radius 2 is 0.779 bits per heavy atom. The molecule has 0 spiro atoms. The lowest BCUT2D eigenvalue weighted by Crippen LogP contribution is -2.25. The molecule has 0 saturated heterocycles. The first-order valence-electron chi connectivity index (χ1n) is 30.3. The van der Waals surface area contributed by atoms with E-state index in [-0.39, 0.29) is 35.3 Å².